The zero-order valence-electron chi connectivity index (χ0n) is 13.5. The Bertz CT molecular complexity index is 617. The van der Waals surface area contributed by atoms with Crippen molar-refractivity contribution in [2.75, 3.05) is 0 Å². The summed E-state index contributed by atoms with van der Waals surface area (Å²) in [5.74, 6) is 7.27. The zero-order valence-corrected chi connectivity index (χ0v) is 13.5. The Morgan fingerprint density at radius 3 is 2.77 bits per heavy atom. The number of aliphatic hydroxyl groups is 1. The van der Waals surface area contributed by atoms with E-state index >= 15 is 0 Å². The van der Waals surface area contributed by atoms with Gasteiger partial charge in [0.2, 0.25) is 0 Å². The van der Waals surface area contributed by atoms with Crippen LogP contribution in [0.25, 0.3) is 0 Å². The highest BCUT2D eigenvalue weighted by Crippen LogP contribution is 2.62. The van der Waals surface area contributed by atoms with Gasteiger partial charge in [-0.2, -0.15) is 5.10 Å². The van der Waals surface area contributed by atoms with E-state index < -0.39 is 0 Å². The highest BCUT2D eigenvalue weighted by molar-refractivity contribution is 6.06. The zero-order chi connectivity index (χ0) is 15.5. The first-order valence-electron chi connectivity index (χ1n) is 8.54. The third-order valence-corrected chi connectivity index (χ3v) is 7.23. The van der Waals surface area contributed by atoms with E-state index in [9.17, 15) is 5.11 Å². The lowest BCUT2D eigenvalue weighted by molar-refractivity contribution is -0.0374. The van der Waals surface area contributed by atoms with Crippen LogP contribution in [-0.2, 0) is 0 Å². The molecule has 6 atom stereocenters. The van der Waals surface area contributed by atoms with Gasteiger partial charge >= 0.3 is 0 Å². The van der Waals surface area contributed by atoms with Crippen molar-refractivity contribution in [1.82, 2.24) is 0 Å². The summed E-state index contributed by atoms with van der Waals surface area (Å²) in [5, 5.41) is 14.3. The van der Waals surface area contributed by atoms with Gasteiger partial charge < -0.3 is 10.9 Å². The van der Waals surface area contributed by atoms with Crippen molar-refractivity contribution < 1.29 is 5.11 Å². The Morgan fingerprint density at radius 1 is 1.18 bits per heavy atom. The van der Waals surface area contributed by atoms with E-state index in [1.165, 1.54) is 12.0 Å². The number of fused-ring (bicyclic) bond motifs is 5. The lowest BCUT2D eigenvalue weighted by atomic mass is 9.50. The predicted octanol–water partition coefficient (Wildman–Crippen LogP) is 3.18. The SMILES string of the molecule is C[C@]12C=CC(=NN)C=C1C=C[C@@H]1[C@@H]2CC[C@]2(C)C(O)CC[C@@H]12. The first-order valence-corrected chi connectivity index (χ1v) is 8.54. The summed E-state index contributed by atoms with van der Waals surface area (Å²) in [4.78, 5) is 0. The molecule has 0 bridgehead atoms. The summed E-state index contributed by atoms with van der Waals surface area (Å²) in [6.45, 7) is 4.67. The number of aliphatic hydroxyl groups excluding tert-OH is 1. The molecule has 0 spiro atoms. The van der Waals surface area contributed by atoms with Crippen LogP contribution in [-0.4, -0.2) is 16.9 Å². The minimum absolute atomic E-state index is 0.0858. The molecule has 118 valence electrons. The van der Waals surface area contributed by atoms with Gasteiger partial charge in [0.25, 0.3) is 0 Å². The number of hydrazone groups is 1. The monoisotopic (exact) mass is 298 g/mol. The summed E-state index contributed by atoms with van der Waals surface area (Å²) in [7, 11) is 0. The molecule has 4 rings (SSSR count). The van der Waals surface area contributed by atoms with Gasteiger partial charge in [0.1, 0.15) is 0 Å². The Balaban J connectivity index is 1.75. The van der Waals surface area contributed by atoms with Crippen molar-refractivity contribution in [3.8, 4) is 0 Å². The molecule has 0 radical (unpaired) electrons. The number of allylic oxidation sites excluding steroid dienone is 6. The van der Waals surface area contributed by atoms with Crippen LogP contribution in [0.3, 0.4) is 0 Å². The molecule has 0 aromatic rings. The van der Waals surface area contributed by atoms with E-state index in [1.54, 1.807) is 0 Å². The smallest absolute Gasteiger partial charge is 0.0827 e. The van der Waals surface area contributed by atoms with Crippen LogP contribution in [0, 0.1) is 28.6 Å². The lowest BCUT2D eigenvalue weighted by Crippen LogP contribution is -2.48. The molecule has 2 fully saturated rings. The molecule has 2 saturated carbocycles. The Hall–Kier alpha value is -1.35. The van der Waals surface area contributed by atoms with Crippen LogP contribution >= 0.6 is 0 Å². The number of rotatable bonds is 0. The average Bonchev–Trinajstić information content (AvgIpc) is 2.82. The van der Waals surface area contributed by atoms with Gasteiger partial charge in [-0.1, -0.05) is 32.1 Å². The molecule has 0 aliphatic heterocycles. The van der Waals surface area contributed by atoms with Crippen LogP contribution in [0.2, 0.25) is 0 Å². The Kier molecular flexibility index (Phi) is 2.96. The van der Waals surface area contributed by atoms with Crippen molar-refractivity contribution in [2.45, 2.75) is 45.6 Å². The van der Waals surface area contributed by atoms with Crippen molar-refractivity contribution >= 4 is 5.71 Å². The van der Waals surface area contributed by atoms with E-state index in [0.717, 1.165) is 25.0 Å². The maximum Gasteiger partial charge on any atom is 0.0827 e. The molecule has 1 unspecified atom stereocenters. The fourth-order valence-corrected chi connectivity index (χ4v) is 5.71. The topological polar surface area (TPSA) is 58.6 Å². The molecule has 3 heteroatoms. The standard InChI is InChI=1S/C19H26N2O/c1-18-9-7-13(21-20)11-12(18)3-4-14-15-5-6-17(22)19(15,2)10-8-16(14)18/h3-4,7,9,11,14-17,22H,5-6,8,10,20H2,1-2H3/t14-,15-,16-,17?,18-,19-/m0/s1. The van der Waals surface area contributed by atoms with E-state index in [0.29, 0.717) is 17.8 Å². The lowest BCUT2D eigenvalue weighted by Gasteiger charge is -2.54. The van der Waals surface area contributed by atoms with Crippen LogP contribution in [0.4, 0.5) is 0 Å². The molecule has 0 aromatic carbocycles. The van der Waals surface area contributed by atoms with Crippen LogP contribution in [0.15, 0.2) is 41.1 Å². The molecule has 0 saturated heterocycles. The molecule has 4 aliphatic carbocycles. The van der Waals surface area contributed by atoms with Crippen LogP contribution in [0.5, 0.6) is 0 Å². The molecular formula is C19H26N2O. The fourth-order valence-electron chi connectivity index (χ4n) is 5.71. The van der Waals surface area contributed by atoms with E-state index in [2.05, 4.69) is 49.3 Å². The normalized spacial score (nSPS) is 51.2. The van der Waals surface area contributed by atoms with E-state index in [4.69, 9.17) is 5.84 Å². The molecule has 0 aromatic heterocycles. The van der Waals surface area contributed by atoms with E-state index in [1.807, 2.05) is 0 Å². The van der Waals surface area contributed by atoms with Gasteiger partial charge in [-0.3, -0.25) is 0 Å². The second-order valence-electron chi connectivity index (χ2n) is 8.06. The first kappa shape index (κ1) is 14.3. The minimum atomic E-state index is -0.116. The second kappa shape index (κ2) is 4.58. The van der Waals surface area contributed by atoms with E-state index in [-0.39, 0.29) is 16.9 Å². The summed E-state index contributed by atoms with van der Waals surface area (Å²) in [5.41, 5.74) is 2.39. The third-order valence-electron chi connectivity index (χ3n) is 7.23. The molecule has 4 aliphatic rings. The largest absolute Gasteiger partial charge is 0.393 e. The van der Waals surface area contributed by atoms with Crippen molar-refractivity contribution in [3.63, 3.8) is 0 Å². The Morgan fingerprint density at radius 2 is 2.00 bits per heavy atom. The third kappa shape index (κ3) is 1.69. The highest BCUT2D eigenvalue weighted by Gasteiger charge is 2.57. The number of nitrogens with zero attached hydrogens (tertiary/aromatic N) is 1. The van der Waals surface area contributed by atoms with Crippen molar-refractivity contribution in [1.29, 1.82) is 0 Å². The summed E-state index contributed by atoms with van der Waals surface area (Å²) >= 11 is 0. The van der Waals surface area contributed by atoms with Crippen molar-refractivity contribution in [2.24, 2.45) is 39.5 Å². The predicted molar refractivity (Wildman–Crippen MR) is 89.1 cm³/mol. The number of hydrogen-bond acceptors (Lipinski definition) is 3. The summed E-state index contributed by atoms with van der Waals surface area (Å²) < 4.78 is 0. The van der Waals surface area contributed by atoms with Gasteiger partial charge in [-0.15, -0.1) is 0 Å². The van der Waals surface area contributed by atoms with Crippen LogP contribution < -0.4 is 5.84 Å². The molecular weight excluding hydrogens is 272 g/mol. The number of hydrogen-bond donors (Lipinski definition) is 2. The van der Waals surface area contributed by atoms with Crippen LogP contribution in [0.1, 0.15) is 39.5 Å². The minimum Gasteiger partial charge on any atom is -0.393 e. The fraction of sp³-hybridized carbons (Fsp3) is 0.632. The summed E-state index contributed by atoms with van der Waals surface area (Å²) in [6, 6.07) is 0. The second-order valence-corrected chi connectivity index (χ2v) is 8.06. The molecule has 3 N–H and O–H groups in total. The average molecular weight is 298 g/mol. The summed E-state index contributed by atoms with van der Waals surface area (Å²) in [6.07, 6.45) is 15.5. The van der Waals surface area contributed by atoms with Gasteiger partial charge in [-0.25, -0.2) is 0 Å². The van der Waals surface area contributed by atoms with Gasteiger partial charge in [-0.05, 0) is 66.6 Å². The van der Waals surface area contributed by atoms with Gasteiger partial charge in [0, 0.05) is 5.41 Å². The Labute approximate surface area is 132 Å². The first-order chi connectivity index (χ1) is 10.5. The van der Waals surface area contributed by atoms with Gasteiger partial charge in [0.15, 0.2) is 0 Å². The van der Waals surface area contributed by atoms with Crippen molar-refractivity contribution in [3.05, 3.63) is 36.0 Å². The molecule has 22 heavy (non-hydrogen) atoms. The van der Waals surface area contributed by atoms with Gasteiger partial charge in [0.05, 0.1) is 11.8 Å². The number of nitrogens with two attached hydrogens (primary N) is 1. The highest BCUT2D eigenvalue weighted by atomic mass is 16.3. The molecule has 0 amide bonds. The molecule has 3 nitrogen and oxygen atoms in total. The maximum absolute atomic E-state index is 10.5. The maximum atomic E-state index is 10.5. The quantitative estimate of drug-likeness (QED) is 0.533. The molecule has 0 heterocycles.